The quantitative estimate of drug-likeness (QED) is 0.857. The van der Waals surface area contributed by atoms with Crippen LogP contribution in [0.1, 0.15) is 38.2 Å². The molecule has 1 aromatic carbocycles. The summed E-state index contributed by atoms with van der Waals surface area (Å²) in [6, 6.07) is 3.74. The molecule has 0 spiro atoms. The molecule has 3 rings (SSSR count). The summed E-state index contributed by atoms with van der Waals surface area (Å²) in [5, 5.41) is 0. The van der Waals surface area contributed by atoms with E-state index >= 15 is 0 Å². The lowest BCUT2D eigenvalue weighted by molar-refractivity contribution is -0.129. The Hall–Kier alpha value is -1.71. The van der Waals surface area contributed by atoms with Crippen LogP contribution in [-0.4, -0.2) is 26.1 Å². The Kier molecular flexibility index (Phi) is 3.56. The van der Waals surface area contributed by atoms with Gasteiger partial charge >= 0.3 is 0 Å². The summed E-state index contributed by atoms with van der Waals surface area (Å²) >= 11 is 0. The van der Waals surface area contributed by atoms with Crippen molar-refractivity contribution in [3.05, 3.63) is 17.7 Å². The number of rotatable bonds is 3. The molecule has 0 aromatic heterocycles. The largest absolute Gasteiger partial charge is 0.496 e. The van der Waals surface area contributed by atoms with E-state index in [2.05, 4.69) is 13.8 Å². The zero-order valence-corrected chi connectivity index (χ0v) is 13.0. The number of carbonyl (C=O) groups excluding carboxylic acids is 1. The number of ether oxygens (including phenoxy) is 3. The number of benzene rings is 1. The molecule has 1 aliphatic heterocycles. The number of ketones is 1. The van der Waals surface area contributed by atoms with Crippen molar-refractivity contribution in [3.63, 3.8) is 0 Å². The van der Waals surface area contributed by atoms with Crippen LogP contribution in [0.25, 0.3) is 0 Å². The van der Waals surface area contributed by atoms with Gasteiger partial charge in [0, 0.05) is 30.0 Å². The van der Waals surface area contributed by atoms with E-state index in [1.807, 2.05) is 12.1 Å². The molecule has 0 amide bonds. The molecule has 3 atom stereocenters. The summed E-state index contributed by atoms with van der Waals surface area (Å²) in [4.78, 5) is 12.3. The first-order valence-electron chi connectivity index (χ1n) is 7.52. The molecule has 4 heteroatoms. The fourth-order valence-electron chi connectivity index (χ4n) is 3.73. The standard InChI is InChI=1S/C17H22O4/c1-9(2)11-5-6-12(18)17-15(11)16-13(20-4)7-10(19-3)8-14(16)21-17/h7-9,11,15,17H,5-6H2,1-4H3. The van der Waals surface area contributed by atoms with Crippen molar-refractivity contribution in [1.29, 1.82) is 0 Å². The Morgan fingerprint density at radius 1 is 1.24 bits per heavy atom. The topological polar surface area (TPSA) is 44.8 Å². The minimum atomic E-state index is -0.359. The Bertz CT molecular complexity index is 564. The van der Waals surface area contributed by atoms with E-state index in [0.29, 0.717) is 24.0 Å². The number of hydrogen-bond donors (Lipinski definition) is 0. The molecule has 1 aromatic rings. The monoisotopic (exact) mass is 290 g/mol. The van der Waals surface area contributed by atoms with Crippen molar-refractivity contribution in [2.24, 2.45) is 11.8 Å². The highest BCUT2D eigenvalue weighted by atomic mass is 16.5. The maximum Gasteiger partial charge on any atom is 0.173 e. The summed E-state index contributed by atoms with van der Waals surface area (Å²) in [5.74, 6) is 3.44. The maximum absolute atomic E-state index is 12.3. The number of methoxy groups -OCH3 is 2. The third kappa shape index (κ3) is 2.17. The van der Waals surface area contributed by atoms with Gasteiger partial charge in [-0.15, -0.1) is 0 Å². The third-order valence-corrected chi connectivity index (χ3v) is 4.81. The zero-order valence-electron chi connectivity index (χ0n) is 13.0. The van der Waals surface area contributed by atoms with E-state index in [-0.39, 0.29) is 17.8 Å². The van der Waals surface area contributed by atoms with E-state index < -0.39 is 0 Å². The van der Waals surface area contributed by atoms with E-state index in [9.17, 15) is 4.79 Å². The van der Waals surface area contributed by atoms with Crippen LogP contribution in [0.2, 0.25) is 0 Å². The lowest BCUT2D eigenvalue weighted by Gasteiger charge is -2.34. The van der Waals surface area contributed by atoms with Gasteiger partial charge in [-0.05, 0) is 18.3 Å². The van der Waals surface area contributed by atoms with Gasteiger partial charge in [-0.2, -0.15) is 0 Å². The fraction of sp³-hybridized carbons (Fsp3) is 0.588. The molecular formula is C17H22O4. The molecule has 1 aliphatic carbocycles. The van der Waals surface area contributed by atoms with Gasteiger partial charge in [0.1, 0.15) is 17.2 Å². The lowest BCUT2D eigenvalue weighted by atomic mass is 9.69. The Morgan fingerprint density at radius 2 is 2.00 bits per heavy atom. The summed E-state index contributed by atoms with van der Waals surface area (Å²) in [6.07, 6.45) is 1.18. The molecular weight excluding hydrogens is 268 g/mol. The first-order valence-corrected chi connectivity index (χ1v) is 7.52. The van der Waals surface area contributed by atoms with Gasteiger partial charge in [0.15, 0.2) is 11.9 Å². The molecule has 2 aliphatic rings. The zero-order chi connectivity index (χ0) is 15.1. The first kappa shape index (κ1) is 14.2. The number of carbonyl (C=O) groups is 1. The highest BCUT2D eigenvalue weighted by Crippen LogP contribution is 2.54. The van der Waals surface area contributed by atoms with E-state index in [1.54, 1.807) is 14.2 Å². The number of hydrogen-bond acceptors (Lipinski definition) is 4. The molecule has 1 heterocycles. The number of fused-ring (bicyclic) bond motifs is 3. The average Bonchev–Trinajstić information content (AvgIpc) is 2.86. The molecule has 114 valence electrons. The molecule has 1 fully saturated rings. The molecule has 21 heavy (non-hydrogen) atoms. The first-order chi connectivity index (χ1) is 10.1. The van der Waals surface area contributed by atoms with E-state index in [4.69, 9.17) is 14.2 Å². The van der Waals surface area contributed by atoms with E-state index in [0.717, 1.165) is 23.5 Å². The normalized spacial score (nSPS) is 27.1. The summed E-state index contributed by atoms with van der Waals surface area (Å²) in [6.45, 7) is 4.43. The van der Waals surface area contributed by atoms with Gasteiger partial charge in [-0.1, -0.05) is 13.8 Å². The molecule has 0 radical (unpaired) electrons. The van der Waals surface area contributed by atoms with Crippen LogP contribution in [0.4, 0.5) is 0 Å². The highest BCUT2D eigenvalue weighted by Gasteiger charge is 2.49. The van der Waals surface area contributed by atoms with Crippen molar-refractivity contribution < 1.29 is 19.0 Å². The second-order valence-corrected chi connectivity index (χ2v) is 6.22. The van der Waals surface area contributed by atoms with Gasteiger partial charge in [0.05, 0.1) is 14.2 Å². The van der Waals surface area contributed by atoms with Crippen LogP contribution in [0, 0.1) is 11.8 Å². The fourth-order valence-corrected chi connectivity index (χ4v) is 3.73. The van der Waals surface area contributed by atoms with Crippen molar-refractivity contribution in [3.8, 4) is 17.2 Å². The average molecular weight is 290 g/mol. The Morgan fingerprint density at radius 3 is 2.62 bits per heavy atom. The second-order valence-electron chi connectivity index (χ2n) is 6.22. The van der Waals surface area contributed by atoms with Crippen molar-refractivity contribution in [1.82, 2.24) is 0 Å². The number of Topliss-reactive ketones (excluding diaryl/α,β-unsaturated/α-hetero) is 1. The molecule has 3 unspecified atom stereocenters. The predicted octanol–water partition coefficient (Wildman–Crippen LogP) is 3.18. The lowest BCUT2D eigenvalue weighted by Crippen LogP contribution is -2.39. The minimum absolute atomic E-state index is 0.0992. The van der Waals surface area contributed by atoms with Crippen LogP contribution in [0.5, 0.6) is 17.2 Å². The summed E-state index contributed by atoms with van der Waals surface area (Å²) in [5.41, 5.74) is 1.04. The molecule has 0 N–H and O–H groups in total. The van der Waals surface area contributed by atoms with E-state index in [1.165, 1.54) is 0 Å². The Balaban J connectivity index is 2.11. The van der Waals surface area contributed by atoms with Gasteiger partial charge in [-0.25, -0.2) is 0 Å². The maximum atomic E-state index is 12.3. The molecule has 4 nitrogen and oxygen atoms in total. The minimum Gasteiger partial charge on any atom is -0.496 e. The SMILES string of the molecule is COc1cc(OC)c2c(c1)OC1C(=O)CCC(C(C)C)C21. The third-order valence-electron chi connectivity index (χ3n) is 4.81. The molecule has 0 saturated heterocycles. The van der Waals surface area contributed by atoms with Gasteiger partial charge < -0.3 is 14.2 Å². The van der Waals surface area contributed by atoms with Crippen molar-refractivity contribution >= 4 is 5.78 Å². The van der Waals surface area contributed by atoms with Crippen LogP contribution in [0.15, 0.2) is 12.1 Å². The second kappa shape index (κ2) is 5.24. The van der Waals surface area contributed by atoms with Gasteiger partial charge in [0.2, 0.25) is 0 Å². The summed E-state index contributed by atoms with van der Waals surface area (Å²) < 4.78 is 16.8. The predicted molar refractivity (Wildman–Crippen MR) is 79.3 cm³/mol. The van der Waals surface area contributed by atoms with Crippen molar-refractivity contribution in [2.45, 2.75) is 38.7 Å². The molecule has 0 bridgehead atoms. The van der Waals surface area contributed by atoms with Crippen molar-refractivity contribution in [2.75, 3.05) is 14.2 Å². The van der Waals surface area contributed by atoms with Gasteiger partial charge in [-0.3, -0.25) is 4.79 Å². The van der Waals surface area contributed by atoms with Gasteiger partial charge in [0.25, 0.3) is 0 Å². The molecule has 1 saturated carbocycles. The summed E-state index contributed by atoms with van der Waals surface area (Å²) in [7, 11) is 3.27. The van der Waals surface area contributed by atoms with Crippen LogP contribution in [0.3, 0.4) is 0 Å². The van der Waals surface area contributed by atoms with Crippen LogP contribution >= 0.6 is 0 Å². The Labute approximate surface area is 125 Å². The smallest absolute Gasteiger partial charge is 0.173 e. The highest BCUT2D eigenvalue weighted by molar-refractivity contribution is 5.87. The van der Waals surface area contributed by atoms with Crippen LogP contribution < -0.4 is 14.2 Å². The van der Waals surface area contributed by atoms with Crippen LogP contribution in [-0.2, 0) is 4.79 Å².